The van der Waals surface area contributed by atoms with Crippen LogP contribution < -0.4 is 5.32 Å². The van der Waals surface area contributed by atoms with Gasteiger partial charge in [-0.25, -0.2) is 4.79 Å². The third kappa shape index (κ3) is 4.04. The maximum absolute atomic E-state index is 14.4. The van der Waals surface area contributed by atoms with Gasteiger partial charge >= 0.3 is 5.97 Å². The molecule has 3 N–H and O–H groups in total. The Kier molecular flexibility index (Phi) is 7.09. The zero-order chi connectivity index (χ0) is 33.9. The highest BCUT2D eigenvalue weighted by atomic mass is 16.6. The highest BCUT2D eigenvalue weighted by Crippen LogP contribution is 2.82. The van der Waals surface area contributed by atoms with Crippen molar-refractivity contribution in [1.82, 2.24) is 9.88 Å². The number of hydrogen-bond acceptors (Lipinski definition) is 9. The molecule has 10 rings (SSSR count). The summed E-state index contributed by atoms with van der Waals surface area (Å²) in [6.45, 7) is 3.51. The number of nitrogens with zero attached hydrogens (tertiary/aromatic N) is 2. The van der Waals surface area contributed by atoms with Crippen LogP contribution in [0.3, 0.4) is 0 Å². The van der Waals surface area contributed by atoms with Crippen molar-refractivity contribution in [3.8, 4) is 0 Å². The molecule has 0 radical (unpaired) electrons. The monoisotopic (exact) mass is 669 g/mol. The number of ether oxygens (including phenoxy) is 3. The molecule has 8 fully saturated rings. The molecule has 2 aromatic rings. The van der Waals surface area contributed by atoms with Gasteiger partial charge in [0.2, 0.25) is 5.91 Å². The van der Waals surface area contributed by atoms with E-state index in [2.05, 4.69) is 22.1 Å². The van der Waals surface area contributed by atoms with Crippen LogP contribution in [0.1, 0.15) is 61.5 Å². The van der Waals surface area contributed by atoms with E-state index in [4.69, 9.17) is 14.2 Å². The zero-order valence-electron chi connectivity index (χ0n) is 28.5. The molecule has 1 aromatic carbocycles. The van der Waals surface area contributed by atoms with E-state index in [0.29, 0.717) is 55.1 Å². The summed E-state index contributed by atoms with van der Waals surface area (Å²) in [5, 5.41) is 28.9. The van der Waals surface area contributed by atoms with Crippen molar-refractivity contribution in [2.24, 2.45) is 40.9 Å². The lowest BCUT2D eigenvalue weighted by Gasteiger charge is -2.70. The minimum absolute atomic E-state index is 0.0196. The van der Waals surface area contributed by atoms with Gasteiger partial charge in [0.05, 0.1) is 34.8 Å². The van der Waals surface area contributed by atoms with E-state index in [-0.39, 0.29) is 53.7 Å². The number of aromatic nitrogens is 1. The van der Waals surface area contributed by atoms with Gasteiger partial charge in [0.15, 0.2) is 0 Å². The number of hydrogen-bond donors (Lipinski definition) is 3. The van der Waals surface area contributed by atoms with Crippen LogP contribution in [0.4, 0.5) is 5.69 Å². The van der Waals surface area contributed by atoms with E-state index >= 15 is 0 Å². The second-order valence-electron chi connectivity index (χ2n) is 15.9. The Morgan fingerprint density at radius 2 is 1.88 bits per heavy atom. The van der Waals surface area contributed by atoms with Gasteiger partial charge in [0.1, 0.15) is 11.2 Å². The minimum atomic E-state index is -1.28. The van der Waals surface area contributed by atoms with Crippen LogP contribution in [-0.2, 0) is 19.0 Å². The molecule has 49 heavy (non-hydrogen) atoms. The van der Waals surface area contributed by atoms with E-state index in [1.165, 1.54) is 6.08 Å². The number of likely N-dealkylation sites (N-methyl/N-ethyl adjacent to an activating group) is 1. The Bertz CT molecular complexity index is 1700. The van der Waals surface area contributed by atoms with E-state index in [1.807, 2.05) is 18.2 Å². The number of nitrogens with one attached hydrogen (secondary N) is 1. The molecule has 10 nitrogen and oxygen atoms in total. The van der Waals surface area contributed by atoms with Crippen LogP contribution in [0.2, 0.25) is 0 Å². The molecule has 5 bridgehead atoms. The fourth-order valence-electron chi connectivity index (χ4n) is 13.1. The molecule has 2 unspecified atom stereocenters. The standard InChI is InChI=1S/C39H47N3O7/c1-4-42-21-36(49-35(44)24-10-5-6-11-26(24)41-32(43)13-12-23-9-7-8-16-40-23)15-14-31(48-3)38-28(36)17-22(18-30(38)42)37(45)20-27(47-2)33-25-19-29(38)39(37,46)34(25)33/h5-13,16,22,25,27-31,33-34,45-46H,4,14-15,17-21H2,1-3H3,(H,41,43)/b13-12+/t22-,25-,27+,28-,29+,30?,31+,33?,34-,36-,37+,38-,39+/m1/s1. The Morgan fingerprint density at radius 3 is 2.63 bits per heavy atom. The predicted octanol–water partition coefficient (Wildman–Crippen LogP) is 3.93. The lowest BCUT2D eigenvalue weighted by molar-refractivity contribution is -0.289. The molecule has 8 aliphatic rings. The maximum Gasteiger partial charge on any atom is 0.340 e. The van der Waals surface area contributed by atoms with Gasteiger partial charge in [-0.1, -0.05) is 25.1 Å². The molecule has 10 heteroatoms. The number of para-hydroxylation sites is 1. The first-order chi connectivity index (χ1) is 23.7. The van der Waals surface area contributed by atoms with Crippen LogP contribution in [-0.4, -0.2) is 94.3 Å². The topological polar surface area (TPSA) is 130 Å². The Morgan fingerprint density at radius 1 is 1.06 bits per heavy atom. The number of amides is 1. The predicted molar refractivity (Wildman–Crippen MR) is 180 cm³/mol. The first-order valence-electron chi connectivity index (χ1n) is 18.1. The Balaban J connectivity index is 1.09. The average Bonchev–Trinajstić information content (AvgIpc) is 3.77. The lowest BCUT2D eigenvalue weighted by atomic mass is 9.43. The summed E-state index contributed by atoms with van der Waals surface area (Å²) in [7, 11) is 3.53. The SMILES string of the molecule is CCN1C[C@]2(OC(=O)c3ccccc3NC(=O)/C=C/c3ccccn3)CC[C@H](OC)[C@]34C1C[C@@H](C[C@H]23)[C@@]1(O)C[C@H](OC)C2[C@H]3C[C@@H]4[C@]1(O)[C@@H]23. The Labute approximate surface area is 287 Å². The van der Waals surface area contributed by atoms with Gasteiger partial charge < -0.3 is 29.7 Å². The molecule has 1 aliphatic heterocycles. The van der Waals surface area contributed by atoms with Crippen molar-refractivity contribution in [1.29, 1.82) is 0 Å². The fraction of sp³-hybridized carbons (Fsp3) is 0.615. The second-order valence-corrected chi connectivity index (χ2v) is 15.9. The van der Waals surface area contributed by atoms with Gasteiger partial charge in [-0.2, -0.15) is 0 Å². The molecule has 7 aliphatic carbocycles. The number of esters is 1. The molecule has 1 spiro atoms. The van der Waals surface area contributed by atoms with Gasteiger partial charge in [0.25, 0.3) is 0 Å². The van der Waals surface area contributed by atoms with E-state index < -0.39 is 28.2 Å². The van der Waals surface area contributed by atoms with Crippen LogP contribution >= 0.6 is 0 Å². The fourth-order valence-corrected chi connectivity index (χ4v) is 13.1. The molecule has 2 heterocycles. The number of aliphatic hydroxyl groups is 2. The van der Waals surface area contributed by atoms with Crippen LogP contribution in [0.25, 0.3) is 6.08 Å². The van der Waals surface area contributed by atoms with E-state index in [1.54, 1.807) is 50.8 Å². The van der Waals surface area contributed by atoms with E-state index in [0.717, 1.165) is 19.4 Å². The number of benzene rings is 1. The highest BCUT2D eigenvalue weighted by molar-refractivity contribution is 6.06. The third-order valence-corrected chi connectivity index (χ3v) is 14.6. The number of methoxy groups -OCH3 is 2. The lowest BCUT2D eigenvalue weighted by Crippen LogP contribution is -2.78. The summed E-state index contributed by atoms with van der Waals surface area (Å²) in [6, 6.07) is 12.6. The first kappa shape index (κ1) is 31.8. The number of carbonyl (C=O) groups is 2. The number of anilines is 1. The number of likely N-dealkylation sites (tertiary alicyclic amines) is 1. The summed E-state index contributed by atoms with van der Waals surface area (Å²) in [4.78, 5) is 34.1. The molecular weight excluding hydrogens is 622 g/mol. The minimum Gasteiger partial charge on any atom is -0.454 e. The van der Waals surface area contributed by atoms with Gasteiger partial charge in [-0.05, 0) is 92.7 Å². The van der Waals surface area contributed by atoms with Crippen LogP contribution in [0.5, 0.6) is 0 Å². The largest absolute Gasteiger partial charge is 0.454 e. The Hall–Kier alpha value is -3.15. The van der Waals surface area contributed by atoms with Crippen molar-refractivity contribution < 1.29 is 34.0 Å². The average molecular weight is 670 g/mol. The van der Waals surface area contributed by atoms with Crippen molar-refractivity contribution in [2.75, 3.05) is 32.6 Å². The summed E-state index contributed by atoms with van der Waals surface area (Å²) < 4.78 is 19.3. The molecule has 1 saturated heterocycles. The highest BCUT2D eigenvalue weighted by Gasteiger charge is 2.89. The van der Waals surface area contributed by atoms with Crippen molar-refractivity contribution in [3.05, 3.63) is 66.0 Å². The first-order valence-corrected chi connectivity index (χ1v) is 18.1. The van der Waals surface area contributed by atoms with Crippen molar-refractivity contribution in [2.45, 2.75) is 80.5 Å². The normalized spacial score (nSPS) is 45.4. The van der Waals surface area contributed by atoms with Crippen molar-refractivity contribution >= 4 is 23.6 Å². The summed E-state index contributed by atoms with van der Waals surface area (Å²) >= 11 is 0. The number of fused-ring (bicyclic) bond motifs is 1. The summed E-state index contributed by atoms with van der Waals surface area (Å²) in [5.41, 5.74) is -2.52. The second kappa shape index (κ2) is 10.9. The zero-order valence-corrected chi connectivity index (χ0v) is 28.5. The number of rotatable bonds is 8. The molecule has 13 atom stereocenters. The third-order valence-electron chi connectivity index (χ3n) is 14.6. The quantitative estimate of drug-likeness (QED) is 0.283. The van der Waals surface area contributed by atoms with Gasteiger partial charge in [-0.15, -0.1) is 0 Å². The number of pyridine rings is 1. The summed E-state index contributed by atoms with van der Waals surface area (Å²) in [5.74, 6) is -0.676. The molecule has 260 valence electrons. The molecule has 7 saturated carbocycles. The summed E-state index contributed by atoms with van der Waals surface area (Å²) in [6.07, 6.45) is 8.55. The molecule has 1 aromatic heterocycles. The number of piperidine rings is 1. The smallest absolute Gasteiger partial charge is 0.340 e. The van der Waals surface area contributed by atoms with Crippen molar-refractivity contribution in [3.63, 3.8) is 0 Å². The molecule has 1 amide bonds. The number of carbonyl (C=O) groups excluding carboxylic acids is 2. The van der Waals surface area contributed by atoms with Gasteiger partial charge in [-0.3, -0.25) is 14.7 Å². The van der Waals surface area contributed by atoms with E-state index in [9.17, 15) is 19.8 Å². The van der Waals surface area contributed by atoms with Crippen LogP contribution in [0, 0.1) is 40.9 Å². The maximum atomic E-state index is 14.4. The van der Waals surface area contributed by atoms with Gasteiger partial charge in [0, 0.05) is 62.8 Å². The molecular formula is C39H47N3O7. The van der Waals surface area contributed by atoms with Crippen LogP contribution in [0.15, 0.2) is 54.7 Å².